The fraction of sp³-hybridized carbons (Fsp3) is 0.455. The van der Waals surface area contributed by atoms with Gasteiger partial charge in [0.25, 0.3) is 5.91 Å². The molecule has 0 radical (unpaired) electrons. The fourth-order valence-electron chi connectivity index (χ4n) is 5.05. The first-order chi connectivity index (χ1) is 20.8. The molecule has 3 aromatic rings. The van der Waals surface area contributed by atoms with Crippen molar-refractivity contribution in [2.75, 3.05) is 26.2 Å². The van der Waals surface area contributed by atoms with Crippen LogP contribution in [0.15, 0.2) is 48.7 Å². The van der Waals surface area contributed by atoms with E-state index in [9.17, 15) is 19.5 Å². The molecule has 0 aliphatic carbocycles. The fourth-order valence-corrected chi connectivity index (χ4v) is 5.05. The van der Waals surface area contributed by atoms with E-state index in [-0.39, 0.29) is 38.3 Å². The van der Waals surface area contributed by atoms with Gasteiger partial charge >= 0.3 is 12.1 Å². The molecule has 1 aromatic carbocycles. The molecule has 2 N–H and O–H groups in total. The van der Waals surface area contributed by atoms with Crippen molar-refractivity contribution in [3.05, 3.63) is 76.7 Å². The Labute approximate surface area is 258 Å². The van der Waals surface area contributed by atoms with E-state index in [2.05, 4.69) is 10.3 Å². The first kappa shape index (κ1) is 32.5. The van der Waals surface area contributed by atoms with Gasteiger partial charge in [-0.05, 0) is 96.3 Å². The van der Waals surface area contributed by atoms with Gasteiger partial charge in [-0.15, -0.1) is 0 Å². The number of aliphatic hydroxyl groups excluding tert-OH is 1. The highest BCUT2D eigenvalue weighted by molar-refractivity contribution is 5.96. The topological polar surface area (TPSA) is 132 Å². The van der Waals surface area contributed by atoms with Crippen LogP contribution in [0.1, 0.15) is 73.1 Å². The van der Waals surface area contributed by atoms with Crippen LogP contribution in [0, 0.1) is 13.8 Å². The third kappa shape index (κ3) is 8.37. The summed E-state index contributed by atoms with van der Waals surface area (Å²) in [6, 6.07) is 12.8. The second kappa shape index (κ2) is 13.9. The van der Waals surface area contributed by atoms with E-state index < -0.39 is 23.8 Å². The van der Waals surface area contributed by atoms with Crippen molar-refractivity contribution in [1.29, 1.82) is 0 Å². The quantitative estimate of drug-likeness (QED) is 0.324. The largest absolute Gasteiger partial charge is 0.488 e. The molecule has 11 nitrogen and oxygen atoms in total. The number of amides is 2. The van der Waals surface area contributed by atoms with Gasteiger partial charge in [-0.25, -0.2) is 9.78 Å². The highest BCUT2D eigenvalue weighted by atomic mass is 16.6. The number of ether oxygens (including phenoxy) is 3. The highest BCUT2D eigenvalue weighted by Gasteiger charge is 2.30. The molecule has 0 bridgehead atoms. The lowest BCUT2D eigenvalue weighted by molar-refractivity contribution is -0.141. The maximum absolute atomic E-state index is 13.2. The lowest BCUT2D eigenvalue weighted by Gasteiger charge is -2.33. The van der Waals surface area contributed by atoms with Crippen LogP contribution < -0.4 is 10.1 Å². The van der Waals surface area contributed by atoms with Crippen molar-refractivity contribution in [3.63, 3.8) is 0 Å². The van der Waals surface area contributed by atoms with E-state index in [0.717, 1.165) is 22.8 Å². The third-order valence-corrected chi connectivity index (χ3v) is 7.18. The number of carbonyl (C=O) groups excluding carboxylic acids is 3. The molecule has 0 saturated heterocycles. The molecule has 2 amide bonds. The van der Waals surface area contributed by atoms with Gasteiger partial charge in [-0.3, -0.25) is 9.59 Å². The van der Waals surface area contributed by atoms with E-state index >= 15 is 0 Å². The van der Waals surface area contributed by atoms with Crippen molar-refractivity contribution in [3.8, 4) is 11.6 Å². The molecule has 236 valence electrons. The number of aliphatic hydroxyl groups is 1. The Kier molecular flexibility index (Phi) is 10.3. The molecular formula is C33H42N4O7. The summed E-state index contributed by atoms with van der Waals surface area (Å²) in [6.07, 6.45) is 0.922. The Balaban J connectivity index is 1.43. The number of aryl methyl sites for hydroxylation is 3. The van der Waals surface area contributed by atoms with E-state index in [1.54, 1.807) is 52.1 Å². The van der Waals surface area contributed by atoms with Crippen LogP contribution >= 0.6 is 0 Å². The van der Waals surface area contributed by atoms with E-state index in [4.69, 9.17) is 14.2 Å². The molecule has 0 spiro atoms. The Morgan fingerprint density at radius 1 is 1.14 bits per heavy atom. The number of benzene rings is 1. The Morgan fingerprint density at radius 2 is 1.86 bits per heavy atom. The molecule has 0 fully saturated rings. The molecule has 3 heterocycles. The van der Waals surface area contributed by atoms with Crippen LogP contribution in [-0.4, -0.2) is 75.5 Å². The smallest absolute Gasteiger partial charge is 0.410 e. The molecule has 44 heavy (non-hydrogen) atoms. The van der Waals surface area contributed by atoms with E-state index in [0.29, 0.717) is 29.7 Å². The average Bonchev–Trinajstić information content (AvgIpc) is 3.31. The molecular weight excluding hydrogens is 564 g/mol. The molecule has 2 aromatic heterocycles. The van der Waals surface area contributed by atoms with Gasteiger partial charge in [-0.2, -0.15) is 0 Å². The predicted octanol–water partition coefficient (Wildman–Crippen LogP) is 4.45. The number of nitrogens with zero attached hydrogens (tertiary/aromatic N) is 3. The number of hydrogen-bond donors (Lipinski definition) is 2. The van der Waals surface area contributed by atoms with Crippen LogP contribution in [0.25, 0.3) is 5.82 Å². The van der Waals surface area contributed by atoms with Crippen LogP contribution in [-0.2, 0) is 20.7 Å². The summed E-state index contributed by atoms with van der Waals surface area (Å²) in [6.45, 7) is 11.3. The number of hydrogen-bond acceptors (Lipinski definition) is 8. The number of nitrogens with one attached hydrogen (secondary N) is 1. The molecule has 0 saturated carbocycles. The van der Waals surface area contributed by atoms with Gasteiger partial charge in [0, 0.05) is 28.7 Å². The van der Waals surface area contributed by atoms with Gasteiger partial charge in [0.05, 0.1) is 25.8 Å². The predicted molar refractivity (Wildman–Crippen MR) is 164 cm³/mol. The van der Waals surface area contributed by atoms with Crippen molar-refractivity contribution < 1.29 is 33.7 Å². The lowest BCUT2D eigenvalue weighted by atomic mass is 9.99. The Bertz CT molecular complexity index is 1460. The summed E-state index contributed by atoms with van der Waals surface area (Å²) in [7, 11) is 0. The Hall–Kier alpha value is -4.38. The number of pyridine rings is 1. The summed E-state index contributed by atoms with van der Waals surface area (Å²) in [5.41, 5.74) is 3.24. The second-order valence-electron chi connectivity index (χ2n) is 11.9. The van der Waals surface area contributed by atoms with Gasteiger partial charge in [0.2, 0.25) is 0 Å². The first-order valence-electron chi connectivity index (χ1n) is 14.8. The van der Waals surface area contributed by atoms with Gasteiger partial charge in [0.1, 0.15) is 29.8 Å². The number of aromatic nitrogens is 2. The minimum absolute atomic E-state index is 0.0101. The number of esters is 1. The van der Waals surface area contributed by atoms with Crippen molar-refractivity contribution in [2.45, 2.75) is 72.2 Å². The van der Waals surface area contributed by atoms with E-state index in [1.165, 1.54) is 4.90 Å². The summed E-state index contributed by atoms with van der Waals surface area (Å²) in [4.78, 5) is 43.4. The number of rotatable bonds is 10. The first-order valence-corrected chi connectivity index (χ1v) is 14.8. The molecule has 1 aliphatic heterocycles. The van der Waals surface area contributed by atoms with Crippen LogP contribution in [0.2, 0.25) is 0 Å². The minimum Gasteiger partial charge on any atom is -0.488 e. The summed E-state index contributed by atoms with van der Waals surface area (Å²) in [5.74, 6) is 0.483. The van der Waals surface area contributed by atoms with Crippen LogP contribution in [0.3, 0.4) is 0 Å². The summed E-state index contributed by atoms with van der Waals surface area (Å²) in [5, 5.41) is 13.7. The normalized spacial score (nSPS) is 15.0. The highest BCUT2D eigenvalue weighted by Crippen LogP contribution is 2.30. The van der Waals surface area contributed by atoms with Gasteiger partial charge < -0.3 is 34.1 Å². The molecule has 1 aliphatic rings. The Morgan fingerprint density at radius 3 is 2.50 bits per heavy atom. The SMILES string of the molecule is CCOC(=O)CNC(=O)c1ccc2c(c1)CC[C@H](CN(C[C@H](O)c1ccc(-n3c(C)ccc3C)nc1)C(=O)OC(C)(C)C)O2. The van der Waals surface area contributed by atoms with Gasteiger partial charge in [-0.1, -0.05) is 6.07 Å². The number of carbonyl (C=O) groups is 3. The summed E-state index contributed by atoms with van der Waals surface area (Å²) >= 11 is 0. The average molecular weight is 607 g/mol. The van der Waals surface area contributed by atoms with Crippen molar-refractivity contribution in [2.24, 2.45) is 0 Å². The molecule has 0 unspecified atom stereocenters. The molecule has 11 heteroatoms. The zero-order valence-electron chi connectivity index (χ0n) is 26.3. The second-order valence-corrected chi connectivity index (χ2v) is 11.9. The van der Waals surface area contributed by atoms with Crippen LogP contribution in [0.4, 0.5) is 4.79 Å². The van der Waals surface area contributed by atoms with E-state index in [1.807, 2.05) is 42.7 Å². The molecule has 2 atom stereocenters. The number of fused-ring (bicyclic) bond motifs is 1. The maximum Gasteiger partial charge on any atom is 0.410 e. The van der Waals surface area contributed by atoms with Gasteiger partial charge in [0.15, 0.2) is 0 Å². The minimum atomic E-state index is -0.998. The maximum atomic E-state index is 13.2. The van der Waals surface area contributed by atoms with Crippen molar-refractivity contribution in [1.82, 2.24) is 19.8 Å². The van der Waals surface area contributed by atoms with Crippen molar-refractivity contribution >= 4 is 18.0 Å². The third-order valence-electron chi connectivity index (χ3n) is 7.18. The zero-order valence-corrected chi connectivity index (χ0v) is 26.3. The molecule has 4 rings (SSSR count). The summed E-state index contributed by atoms with van der Waals surface area (Å²) < 4.78 is 18.8. The lowest BCUT2D eigenvalue weighted by Crippen LogP contribution is -2.45. The monoisotopic (exact) mass is 606 g/mol. The van der Waals surface area contributed by atoms with Crippen LogP contribution in [0.5, 0.6) is 5.75 Å². The standard InChI is InChI=1S/C33H42N4O7/c1-7-42-30(39)18-35-31(40)24-11-14-28-23(16-24)10-13-26(43-28)19-36(32(41)44-33(4,5)6)20-27(38)25-12-15-29(34-17-25)37-21(2)8-9-22(37)3/h8-9,11-12,14-17,26-27,38H,7,10,13,18-20H2,1-6H3,(H,35,40)/t26-,27+/m1/s1. The zero-order chi connectivity index (χ0) is 32.0.